The third-order valence-corrected chi connectivity index (χ3v) is 4.55. The minimum atomic E-state index is -2.53. The van der Waals surface area contributed by atoms with Crippen molar-refractivity contribution < 1.29 is 43.9 Å². The second-order valence-corrected chi connectivity index (χ2v) is 6.25. The van der Waals surface area contributed by atoms with Crippen molar-refractivity contribution in [3.63, 3.8) is 0 Å². The van der Waals surface area contributed by atoms with E-state index < -0.39 is 82.1 Å². The van der Waals surface area contributed by atoms with Crippen LogP contribution in [0.25, 0.3) is 0 Å². The van der Waals surface area contributed by atoms with Crippen LogP contribution < -0.4 is 10.9 Å². The molecule has 0 amide bonds. The molecule has 0 fully saturated rings. The number of halogens is 10. The van der Waals surface area contributed by atoms with E-state index in [1.807, 2.05) is 0 Å². The predicted molar refractivity (Wildman–Crippen MR) is 87.6 cm³/mol. The minimum absolute atomic E-state index is 0.281. The molecule has 0 unspecified atom stereocenters. The van der Waals surface area contributed by atoms with Crippen molar-refractivity contribution in [2.45, 2.75) is 12.7 Å². The fourth-order valence-corrected chi connectivity index (χ4v) is 3.11. The van der Waals surface area contributed by atoms with Crippen LogP contribution in [0.15, 0.2) is 29.5 Å². The van der Waals surface area contributed by atoms with Gasteiger partial charge in [0.2, 0.25) is 6.71 Å². The number of benzene rings is 2. The Morgan fingerprint density at radius 1 is 0.567 bits per heavy atom. The molecular formula is C19H7BF10. The summed E-state index contributed by atoms with van der Waals surface area (Å²) in [5.74, 6) is -24.5. The van der Waals surface area contributed by atoms with Crippen molar-refractivity contribution in [3.05, 3.63) is 87.7 Å². The number of allylic oxidation sites excluding steroid dienone is 3. The van der Waals surface area contributed by atoms with Gasteiger partial charge < -0.3 is 0 Å². The molecular weight excluding hydrogens is 429 g/mol. The zero-order valence-corrected chi connectivity index (χ0v) is 14.5. The van der Waals surface area contributed by atoms with Crippen molar-refractivity contribution in [2.24, 2.45) is 0 Å². The molecule has 0 saturated heterocycles. The van der Waals surface area contributed by atoms with E-state index in [1.165, 1.54) is 18.2 Å². The molecule has 0 atom stereocenters. The van der Waals surface area contributed by atoms with Crippen molar-refractivity contribution in [1.29, 1.82) is 0 Å². The van der Waals surface area contributed by atoms with E-state index >= 15 is 0 Å². The Balaban J connectivity index is 2.30. The van der Waals surface area contributed by atoms with E-state index in [1.54, 1.807) is 0 Å². The van der Waals surface area contributed by atoms with Gasteiger partial charge in [-0.15, -0.1) is 5.73 Å². The van der Waals surface area contributed by atoms with E-state index in [0.717, 1.165) is 0 Å². The summed E-state index contributed by atoms with van der Waals surface area (Å²) in [5, 5.41) is 0. The zero-order valence-electron chi connectivity index (χ0n) is 14.5. The third-order valence-electron chi connectivity index (χ3n) is 4.55. The summed E-state index contributed by atoms with van der Waals surface area (Å²) in [6, 6.07) is 0. The van der Waals surface area contributed by atoms with Gasteiger partial charge in [-0.05, 0) is 18.1 Å². The van der Waals surface area contributed by atoms with Crippen molar-refractivity contribution in [3.8, 4) is 0 Å². The van der Waals surface area contributed by atoms with E-state index in [-0.39, 0.29) is 6.42 Å². The summed E-state index contributed by atoms with van der Waals surface area (Å²) in [5.41, 5.74) is -0.475. The molecule has 1 aliphatic rings. The third kappa shape index (κ3) is 3.43. The maximum atomic E-state index is 14.3. The van der Waals surface area contributed by atoms with E-state index in [9.17, 15) is 43.9 Å². The first kappa shape index (κ1) is 21.8. The number of hydrogen-bond acceptors (Lipinski definition) is 0. The van der Waals surface area contributed by atoms with Crippen LogP contribution in [0, 0.1) is 58.2 Å². The summed E-state index contributed by atoms with van der Waals surface area (Å²) in [6.07, 6.45) is 3.27. The molecule has 2 aromatic carbocycles. The second kappa shape index (κ2) is 8.06. The number of hydrogen-bond donors (Lipinski definition) is 0. The molecule has 0 aromatic heterocycles. The van der Waals surface area contributed by atoms with E-state index in [4.69, 9.17) is 0 Å². The highest BCUT2D eigenvalue weighted by molar-refractivity contribution is 6.85. The molecule has 156 valence electrons. The zero-order chi connectivity index (χ0) is 22.3. The van der Waals surface area contributed by atoms with Crippen LogP contribution in [0.2, 0.25) is 6.32 Å². The lowest BCUT2D eigenvalue weighted by molar-refractivity contribution is 0.382. The molecule has 0 aliphatic heterocycles. The average Bonchev–Trinajstić information content (AvgIpc) is 3.25. The predicted octanol–water partition coefficient (Wildman–Crippen LogP) is 4.73. The van der Waals surface area contributed by atoms with Crippen molar-refractivity contribution in [1.82, 2.24) is 0 Å². The Hall–Kier alpha value is -2.94. The molecule has 30 heavy (non-hydrogen) atoms. The fraction of sp³-hybridized carbons (Fsp3) is 0.105. The Kier molecular flexibility index (Phi) is 5.85. The summed E-state index contributed by atoms with van der Waals surface area (Å²) < 4.78 is 139. The van der Waals surface area contributed by atoms with Gasteiger partial charge in [-0.3, -0.25) is 0 Å². The smallest absolute Gasteiger partial charge is 0.204 e. The lowest BCUT2D eigenvalue weighted by Gasteiger charge is -2.19. The van der Waals surface area contributed by atoms with Gasteiger partial charge in [0.05, 0.1) is 0 Å². The fourth-order valence-electron chi connectivity index (χ4n) is 3.11. The number of rotatable bonds is 5. The van der Waals surface area contributed by atoms with Gasteiger partial charge >= 0.3 is 0 Å². The maximum absolute atomic E-state index is 14.3. The summed E-state index contributed by atoms with van der Waals surface area (Å²) in [6.45, 7) is -2.39. The Labute approximate surface area is 162 Å². The maximum Gasteiger partial charge on any atom is 0.225 e. The molecule has 1 aliphatic carbocycles. The first-order valence-corrected chi connectivity index (χ1v) is 8.22. The lowest BCUT2D eigenvalue weighted by Crippen LogP contribution is -2.50. The second-order valence-electron chi connectivity index (χ2n) is 6.25. The molecule has 0 saturated carbocycles. The molecule has 0 spiro atoms. The first-order valence-electron chi connectivity index (χ1n) is 8.22. The molecule has 0 bridgehead atoms. The van der Waals surface area contributed by atoms with Crippen LogP contribution in [0.4, 0.5) is 43.9 Å². The summed E-state index contributed by atoms with van der Waals surface area (Å²) in [4.78, 5) is 0. The van der Waals surface area contributed by atoms with Gasteiger partial charge in [-0.2, -0.15) is 0 Å². The van der Waals surface area contributed by atoms with Gasteiger partial charge in [0.15, 0.2) is 58.2 Å². The van der Waals surface area contributed by atoms with Crippen LogP contribution in [-0.2, 0) is 0 Å². The monoisotopic (exact) mass is 436 g/mol. The topological polar surface area (TPSA) is 0 Å². The summed E-state index contributed by atoms with van der Waals surface area (Å²) >= 11 is 0. The first-order chi connectivity index (χ1) is 14.1. The quantitative estimate of drug-likeness (QED) is 0.209. The lowest BCUT2D eigenvalue weighted by atomic mass is 9.37. The Morgan fingerprint density at radius 3 is 1.27 bits per heavy atom. The SMILES string of the molecule is Fc1c(F)c(F)c(B(CCC2=C=CC=C2)c2c(F)c(F)c(F)c(F)c2F)c(F)c1F. The molecule has 11 heteroatoms. The molecule has 2 aromatic rings. The van der Waals surface area contributed by atoms with Gasteiger partial charge in [0.25, 0.3) is 0 Å². The summed E-state index contributed by atoms with van der Waals surface area (Å²) in [7, 11) is 0. The molecule has 0 nitrogen and oxygen atoms in total. The molecule has 0 heterocycles. The highest BCUT2D eigenvalue weighted by Crippen LogP contribution is 2.23. The van der Waals surface area contributed by atoms with E-state index in [2.05, 4.69) is 5.73 Å². The van der Waals surface area contributed by atoms with Crippen LogP contribution in [0.1, 0.15) is 6.42 Å². The normalized spacial score (nSPS) is 12.7. The highest BCUT2D eigenvalue weighted by Gasteiger charge is 2.39. The molecule has 0 N–H and O–H groups in total. The van der Waals surface area contributed by atoms with Crippen molar-refractivity contribution in [2.75, 3.05) is 0 Å². The highest BCUT2D eigenvalue weighted by atomic mass is 19.2. The largest absolute Gasteiger partial charge is 0.225 e. The van der Waals surface area contributed by atoms with Gasteiger partial charge in [0, 0.05) is 10.9 Å². The van der Waals surface area contributed by atoms with Crippen molar-refractivity contribution >= 4 is 17.6 Å². The Morgan fingerprint density at radius 2 is 0.933 bits per heavy atom. The van der Waals surface area contributed by atoms with E-state index in [0.29, 0.717) is 5.57 Å². The molecule has 3 rings (SSSR count). The molecule has 0 radical (unpaired) electrons. The van der Waals surface area contributed by atoms with Gasteiger partial charge in [-0.25, -0.2) is 43.9 Å². The van der Waals surface area contributed by atoms with Gasteiger partial charge in [0.1, 0.15) is 0 Å². The van der Waals surface area contributed by atoms with Crippen LogP contribution in [0.3, 0.4) is 0 Å². The van der Waals surface area contributed by atoms with Crippen LogP contribution in [0.5, 0.6) is 0 Å². The average molecular weight is 436 g/mol. The Bertz CT molecular complexity index is 1020. The van der Waals surface area contributed by atoms with Crippen LogP contribution in [-0.4, -0.2) is 6.71 Å². The van der Waals surface area contributed by atoms with Gasteiger partial charge in [-0.1, -0.05) is 18.5 Å². The van der Waals surface area contributed by atoms with Crippen LogP contribution >= 0.6 is 0 Å². The standard InChI is InChI=1S/C19H7BF10/c21-10-8(11(22)15(26)18(29)14(10)25)20(6-5-7-3-1-2-4-7)9-12(23)16(27)19(30)17(28)13(9)24/h1-3H,5-6H2. The minimum Gasteiger partial charge on any atom is -0.204 e.